The minimum absolute atomic E-state index is 0.0574. The first-order valence-electron chi connectivity index (χ1n) is 5.22. The molecule has 0 saturated heterocycles. The second kappa shape index (κ2) is 5.07. The molecule has 94 valence electrons. The van der Waals surface area contributed by atoms with Crippen molar-refractivity contribution < 1.29 is 0 Å². The van der Waals surface area contributed by atoms with Crippen molar-refractivity contribution in [2.75, 3.05) is 0 Å². The van der Waals surface area contributed by atoms with Crippen molar-refractivity contribution in [1.29, 1.82) is 0 Å². The highest BCUT2D eigenvalue weighted by molar-refractivity contribution is 7.99. The average Bonchev–Trinajstić information content (AvgIpc) is 2.32. The molecule has 2 aromatic heterocycles. The Morgan fingerprint density at radius 3 is 2.44 bits per heavy atom. The van der Waals surface area contributed by atoms with Gasteiger partial charge in [0.25, 0.3) is 5.56 Å². The molecular formula is C11H11ClN4OS. The molecule has 2 rings (SSSR count). The first-order chi connectivity index (χ1) is 8.49. The molecule has 0 radical (unpaired) electrons. The summed E-state index contributed by atoms with van der Waals surface area (Å²) in [7, 11) is 0. The number of H-pyrrole nitrogens is 1. The zero-order valence-electron chi connectivity index (χ0n) is 10.1. The van der Waals surface area contributed by atoms with Gasteiger partial charge in [0.2, 0.25) is 0 Å². The van der Waals surface area contributed by atoms with Crippen LogP contribution in [0.5, 0.6) is 0 Å². The minimum Gasteiger partial charge on any atom is -0.312 e. The Bertz CT molecular complexity index is 633. The van der Waals surface area contributed by atoms with Gasteiger partial charge in [-0.3, -0.25) is 4.79 Å². The Hall–Kier alpha value is -1.40. The smallest absolute Gasteiger partial charge is 0.270 e. The Balaban J connectivity index is 2.40. The molecule has 0 bridgehead atoms. The van der Waals surface area contributed by atoms with Gasteiger partial charge in [-0.2, -0.15) is 0 Å². The normalized spacial score (nSPS) is 10.7. The molecule has 0 aromatic carbocycles. The Labute approximate surface area is 113 Å². The van der Waals surface area contributed by atoms with Crippen molar-refractivity contribution in [3.63, 3.8) is 0 Å². The van der Waals surface area contributed by atoms with E-state index in [1.54, 1.807) is 0 Å². The molecule has 0 saturated carbocycles. The summed E-state index contributed by atoms with van der Waals surface area (Å²) in [6, 6.07) is 0. The number of nitrogens with one attached hydrogen (secondary N) is 1. The summed E-state index contributed by atoms with van der Waals surface area (Å²) in [6.45, 7) is 5.80. The topological polar surface area (TPSA) is 71.5 Å². The lowest BCUT2D eigenvalue weighted by Gasteiger charge is -2.06. The van der Waals surface area contributed by atoms with Crippen molar-refractivity contribution in [2.24, 2.45) is 0 Å². The predicted octanol–water partition coefficient (Wildman–Crippen LogP) is 2.29. The van der Waals surface area contributed by atoms with Crippen molar-refractivity contribution in [3.05, 3.63) is 38.7 Å². The number of hydrogen-bond donors (Lipinski definition) is 1. The second-order valence-electron chi connectivity index (χ2n) is 3.75. The van der Waals surface area contributed by atoms with E-state index in [0.717, 1.165) is 17.0 Å². The fraction of sp³-hybridized carbons (Fsp3) is 0.273. The second-order valence-corrected chi connectivity index (χ2v) is 5.09. The largest absolute Gasteiger partial charge is 0.312 e. The molecule has 0 aliphatic rings. The lowest BCUT2D eigenvalue weighted by molar-refractivity contribution is 0.876. The summed E-state index contributed by atoms with van der Waals surface area (Å²) in [5.41, 5.74) is 2.51. The fourth-order valence-corrected chi connectivity index (χ4v) is 2.36. The van der Waals surface area contributed by atoms with E-state index in [2.05, 4.69) is 19.9 Å². The molecular weight excluding hydrogens is 272 g/mol. The summed E-state index contributed by atoms with van der Waals surface area (Å²) < 4.78 is 0. The minimum atomic E-state index is -0.366. The van der Waals surface area contributed by atoms with Crippen molar-refractivity contribution in [2.45, 2.75) is 31.0 Å². The van der Waals surface area contributed by atoms with Gasteiger partial charge in [0, 0.05) is 11.4 Å². The molecule has 0 aliphatic carbocycles. The van der Waals surface area contributed by atoms with Crippen LogP contribution in [0.4, 0.5) is 0 Å². The van der Waals surface area contributed by atoms with Crippen LogP contribution in [0.3, 0.4) is 0 Å². The Morgan fingerprint density at radius 2 is 1.83 bits per heavy atom. The molecule has 5 nitrogen and oxygen atoms in total. The number of nitrogens with zero attached hydrogens (tertiary/aromatic N) is 3. The maximum atomic E-state index is 11.3. The van der Waals surface area contributed by atoms with Crippen LogP contribution >= 0.6 is 23.4 Å². The van der Waals surface area contributed by atoms with Crippen LogP contribution in [0.25, 0.3) is 0 Å². The van der Waals surface area contributed by atoms with E-state index in [9.17, 15) is 4.79 Å². The summed E-state index contributed by atoms with van der Waals surface area (Å²) in [4.78, 5) is 26.4. The third kappa shape index (κ3) is 2.54. The third-order valence-corrected chi connectivity index (χ3v) is 3.90. The first-order valence-corrected chi connectivity index (χ1v) is 6.41. The number of halogens is 1. The first kappa shape index (κ1) is 13.0. The monoisotopic (exact) mass is 282 g/mol. The highest BCUT2D eigenvalue weighted by Crippen LogP contribution is 2.27. The van der Waals surface area contributed by atoms with Crippen LogP contribution in [-0.4, -0.2) is 19.9 Å². The number of aromatic nitrogens is 4. The van der Waals surface area contributed by atoms with Crippen LogP contribution in [0.2, 0.25) is 5.02 Å². The molecule has 0 amide bonds. The zero-order chi connectivity index (χ0) is 13.3. The standard InChI is InChI=1S/C11H11ClN4OS/c1-5-6(2)15-11(16-7(5)3)18-10-8(12)9(17)13-4-14-10/h4H,1-3H3,(H,13,14,17). The lowest BCUT2D eigenvalue weighted by atomic mass is 10.2. The molecule has 0 fully saturated rings. The van der Waals surface area contributed by atoms with Crippen LogP contribution in [0, 0.1) is 20.8 Å². The van der Waals surface area contributed by atoms with Crippen LogP contribution < -0.4 is 5.56 Å². The SMILES string of the molecule is Cc1nc(Sc2nc[nH]c(=O)c2Cl)nc(C)c1C. The molecule has 0 atom stereocenters. The highest BCUT2D eigenvalue weighted by atomic mass is 35.5. The third-order valence-electron chi connectivity index (χ3n) is 2.56. The molecule has 0 aliphatic heterocycles. The van der Waals surface area contributed by atoms with Crippen LogP contribution in [0.15, 0.2) is 21.3 Å². The fourth-order valence-electron chi connectivity index (χ4n) is 1.31. The zero-order valence-corrected chi connectivity index (χ0v) is 11.7. The van der Waals surface area contributed by atoms with Crippen LogP contribution in [0.1, 0.15) is 17.0 Å². The number of rotatable bonds is 2. The number of hydrogen-bond acceptors (Lipinski definition) is 5. The van der Waals surface area contributed by atoms with E-state index >= 15 is 0 Å². The summed E-state index contributed by atoms with van der Waals surface area (Å²) >= 11 is 7.05. The lowest BCUT2D eigenvalue weighted by Crippen LogP contribution is -2.08. The van der Waals surface area contributed by atoms with Gasteiger partial charge in [0.05, 0.1) is 6.33 Å². The van der Waals surface area contributed by atoms with Crippen LogP contribution in [-0.2, 0) is 0 Å². The molecule has 2 heterocycles. The summed E-state index contributed by atoms with van der Waals surface area (Å²) in [5, 5.41) is 1.00. The quantitative estimate of drug-likeness (QED) is 0.676. The molecule has 2 aromatic rings. The maximum absolute atomic E-state index is 11.3. The van der Waals surface area contributed by atoms with Crippen molar-refractivity contribution in [3.8, 4) is 0 Å². The van der Waals surface area contributed by atoms with E-state index < -0.39 is 0 Å². The Kier molecular flexibility index (Phi) is 3.68. The van der Waals surface area contributed by atoms with Gasteiger partial charge < -0.3 is 4.98 Å². The molecule has 0 unspecified atom stereocenters. The van der Waals surface area contributed by atoms with Crippen molar-refractivity contribution in [1.82, 2.24) is 19.9 Å². The van der Waals surface area contributed by atoms with Gasteiger partial charge in [-0.15, -0.1) is 0 Å². The van der Waals surface area contributed by atoms with E-state index in [0.29, 0.717) is 10.2 Å². The van der Waals surface area contributed by atoms with Gasteiger partial charge in [0.15, 0.2) is 5.16 Å². The predicted molar refractivity (Wildman–Crippen MR) is 70.2 cm³/mol. The Morgan fingerprint density at radius 1 is 1.22 bits per heavy atom. The van der Waals surface area contributed by atoms with Gasteiger partial charge in [0.1, 0.15) is 10.0 Å². The van der Waals surface area contributed by atoms with Gasteiger partial charge in [-0.25, -0.2) is 15.0 Å². The van der Waals surface area contributed by atoms with Gasteiger partial charge in [-0.05, 0) is 38.1 Å². The number of aryl methyl sites for hydroxylation is 2. The van der Waals surface area contributed by atoms with E-state index in [-0.39, 0.29) is 10.6 Å². The van der Waals surface area contributed by atoms with Gasteiger partial charge in [-0.1, -0.05) is 11.6 Å². The average molecular weight is 283 g/mol. The molecule has 1 N–H and O–H groups in total. The van der Waals surface area contributed by atoms with E-state index in [1.807, 2.05) is 20.8 Å². The molecule has 18 heavy (non-hydrogen) atoms. The summed E-state index contributed by atoms with van der Waals surface area (Å²) in [6.07, 6.45) is 1.31. The van der Waals surface area contributed by atoms with Crippen molar-refractivity contribution >= 4 is 23.4 Å². The van der Waals surface area contributed by atoms with E-state index in [1.165, 1.54) is 18.1 Å². The number of aromatic amines is 1. The summed E-state index contributed by atoms with van der Waals surface area (Å²) in [5.74, 6) is 0. The van der Waals surface area contributed by atoms with Gasteiger partial charge >= 0.3 is 0 Å². The highest BCUT2D eigenvalue weighted by Gasteiger charge is 2.11. The molecule has 0 spiro atoms. The maximum Gasteiger partial charge on any atom is 0.270 e. The molecule has 7 heteroatoms. The van der Waals surface area contributed by atoms with E-state index in [4.69, 9.17) is 11.6 Å².